The first-order chi connectivity index (χ1) is 16.4. The summed E-state index contributed by atoms with van der Waals surface area (Å²) < 4.78 is 23.1. The minimum atomic E-state index is -0.505. The number of nitrogens with zero attached hydrogens (tertiary/aromatic N) is 1. The topological polar surface area (TPSA) is 57.2 Å². The quantitative estimate of drug-likeness (QED) is 0.374. The van der Waals surface area contributed by atoms with Crippen molar-refractivity contribution < 1.29 is 23.7 Å². The van der Waals surface area contributed by atoms with E-state index in [1.165, 1.54) is 12.8 Å². The lowest BCUT2D eigenvalue weighted by atomic mass is 9.97. The summed E-state index contributed by atoms with van der Waals surface area (Å²) >= 11 is 0. The molecule has 0 spiro atoms. The molecule has 2 aliphatic rings. The lowest BCUT2D eigenvalue weighted by molar-refractivity contribution is 0.103. The van der Waals surface area contributed by atoms with Crippen molar-refractivity contribution >= 4 is 17.9 Å². The first kappa shape index (κ1) is 23.9. The smallest absolute Gasteiger partial charge is 0.189 e. The minimum absolute atomic E-state index is 0.141. The van der Waals surface area contributed by atoms with E-state index < -0.39 is 5.60 Å². The number of allylic oxidation sites excluding steroid dienone is 1. The van der Waals surface area contributed by atoms with Crippen LogP contribution in [0, 0.1) is 0 Å². The van der Waals surface area contributed by atoms with Crippen LogP contribution in [0.2, 0.25) is 0 Å². The Morgan fingerprint density at radius 2 is 1.79 bits per heavy atom. The van der Waals surface area contributed by atoms with Crippen molar-refractivity contribution in [2.45, 2.75) is 32.3 Å². The van der Waals surface area contributed by atoms with Crippen LogP contribution in [0.1, 0.15) is 48.2 Å². The molecule has 180 valence electrons. The fraction of sp³-hybridized carbons (Fsp3) is 0.393. The monoisotopic (exact) mass is 463 g/mol. The zero-order valence-corrected chi connectivity index (χ0v) is 20.4. The molecule has 1 fully saturated rings. The molecular weight excluding hydrogens is 430 g/mol. The van der Waals surface area contributed by atoms with Crippen molar-refractivity contribution in [3.63, 3.8) is 0 Å². The Bertz CT molecular complexity index is 1100. The lowest BCUT2D eigenvalue weighted by Crippen LogP contribution is -2.28. The van der Waals surface area contributed by atoms with Crippen LogP contribution >= 0.6 is 0 Å². The number of ketones is 1. The second-order valence-corrected chi connectivity index (χ2v) is 9.10. The summed E-state index contributed by atoms with van der Waals surface area (Å²) in [6, 6.07) is 9.22. The largest absolute Gasteiger partial charge is 0.496 e. The third kappa shape index (κ3) is 5.45. The maximum absolute atomic E-state index is 13.1. The Morgan fingerprint density at radius 3 is 2.53 bits per heavy atom. The summed E-state index contributed by atoms with van der Waals surface area (Å²) in [6.45, 7) is 7.68. The number of likely N-dealkylation sites (tertiary alicyclic amines) is 1. The first-order valence-corrected chi connectivity index (χ1v) is 11.7. The molecule has 2 aliphatic heterocycles. The number of hydrogen-bond acceptors (Lipinski definition) is 6. The Kier molecular flexibility index (Phi) is 7.27. The number of carbonyl (C=O) groups excluding carboxylic acids is 1. The van der Waals surface area contributed by atoms with E-state index in [1.54, 1.807) is 38.5 Å². The van der Waals surface area contributed by atoms with E-state index in [-0.39, 0.29) is 5.78 Å². The average Bonchev–Trinajstić information content (AvgIpc) is 3.35. The zero-order valence-electron chi connectivity index (χ0n) is 20.4. The average molecular weight is 464 g/mol. The number of hydrogen-bond donors (Lipinski definition) is 0. The third-order valence-electron chi connectivity index (χ3n) is 6.14. The van der Waals surface area contributed by atoms with E-state index >= 15 is 0 Å². The molecule has 0 N–H and O–H groups in total. The van der Waals surface area contributed by atoms with Gasteiger partial charge in [0.2, 0.25) is 0 Å². The fourth-order valence-corrected chi connectivity index (χ4v) is 4.26. The molecule has 2 aromatic rings. The molecule has 2 heterocycles. The van der Waals surface area contributed by atoms with Crippen LogP contribution in [-0.4, -0.2) is 56.7 Å². The van der Waals surface area contributed by atoms with E-state index in [2.05, 4.69) is 4.90 Å². The predicted octanol–water partition coefficient (Wildman–Crippen LogP) is 5.26. The highest BCUT2D eigenvalue weighted by Crippen LogP contribution is 2.40. The summed E-state index contributed by atoms with van der Waals surface area (Å²) in [5.74, 6) is 2.43. The number of rotatable bonds is 9. The van der Waals surface area contributed by atoms with Gasteiger partial charge in [0.25, 0.3) is 0 Å². The minimum Gasteiger partial charge on any atom is -0.496 e. The van der Waals surface area contributed by atoms with Gasteiger partial charge in [0.15, 0.2) is 17.3 Å². The van der Waals surface area contributed by atoms with Crippen LogP contribution in [0.5, 0.6) is 23.0 Å². The molecule has 0 aromatic heterocycles. The van der Waals surface area contributed by atoms with Gasteiger partial charge in [-0.3, -0.25) is 9.69 Å². The number of fused-ring (bicyclic) bond motifs is 1. The van der Waals surface area contributed by atoms with Crippen LogP contribution in [-0.2, 0) is 0 Å². The summed E-state index contributed by atoms with van der Waals surface area (Å²) in [6.07, 6.45) is 9.78. The van der Waals surface area contributed by atoms with Crippen molar-refractivity contribution in [2.24, 2.45) is 0 Å². The summed E-state index contributed by atoms with van der Waals surface area (Å²) in [5, 5.41) is 0. The van der Waals surface area contributed by atoms with Crippen molar-refractivity contribution in [1.82, 2.24) is 4.90 Å². The normalized spacial score (nSPS) is 16.8. The highest BCUT2D eigenvalue weighted by molar-refractivity contribution is 6.09. The number of methoxy groups -OCH3 is 2. The van der Waals surface area contributed by atoms with Gasteiger partial charge in [-0.25, -0.2) is 0 Å². The Hall–Kier alpha value is -3.25. The zero-order chi connectivity index (χ0) is 24.1. The van der Waals surface area contributed by atoms with Crippen LogP contribution in [0.25, 0.3) is 12.2 Å². The highest BCUT2D eigenvalue weighted by atomic mass is 16.5. The molecular formula is C28H33NO5. The first-order valence-electron chi connectivity index (χ1n) is 11.7. The molecule has 6 heteroatoms. The van der Waals surface area contributed by atoms with Gasteiger partial charge in [0.1, 0.15) is 23.7 Å². The lowest BCUT2D eigenvalue weighted by Gasteiger charge is -2.29. The van der Waals surface area contributed by atoms with Crippen LogP contribution in [0.3, 0.4) is 0 Å². The molecule has 1 saturated heterocycles. The van der Waals surface area contributed by atoms with Crippen LogP contribution in [0.15, 0.2) is 42.5 Å². The van der Waals surface area contributed by atoms with Gasteiger partial charge in [-0.1, -0.05) is 12.1 Å². The second kappa shape index (κ2) is 10.3. The maximum Gasteiger partial charge on any atom is 0.189 e. The van der Waals surface area contributed by atoms with Gasteiger partial charge >= 0.3 is 0 Å². The summed E-state index contributed by atoms with van der Waals surface area (Å²) in [7, 11) is 3.24. The highest BCUT2D eigenvalue weighted by Gasteiger charge is 2.27. The molecule has 0 radical (unpaired) electrons. The standard InChI is InChI=1S/C28H33NO5/c1-28(2)14-13-22-24(31-3)12-9-21(27(22)34-28)23(30)10-7-20-8-11-25(32-4)26(19-20)33-18-17-29-15-5-6-16-29/h7-14,19H,5-6,15-18H2,1-4H3/b10-7+. The Morgan fingerprint density at radius 1 is 1.06 bits per heavy atom. The Labute approximate surface area is 201 Å². The summed E-state index contributed by atoms with van der Waals surface area (Å²) in [5.41, 5.74) is 1.63. The van der Waals surface area contributed by atoms with Crippen molar-refractivity contribution in [1.29, 1.82) is 0 Å². The molecule has 4 rings (SSSR count). The predicted molar refractivity (Wildman–Crippen MR) is 134 cm³/mol. The molecule has 0 aliphatic carbocycles. The van der Waals surface area contributed by atoms with E-state index in [9.17, 15) is 4.79 Å². The molecule has 0 saturated carbocycles. The molecule has 6 nitrogen and oxygen atoms in total. The van der Waals surface area contributed by atoms with Crippen LogP contribution < -0.4 is 18.9 Å². The number of ether oxygens (including phenoxy) is 4. The van der Waals surface area contributed by atoms with Gasteiger partial charge in [0.05, 0.1) is 25.3 Å². The maximum atomic E-state index is 13.1. The molecule has 0 unspecified atom stereocenters. The number of benzene rings is 2. The van der Waals surface area contributed by atoms with Gasteiger partial charge in [0, 0.05) is 6.54 Å². The van der Waals surface area contributed by atoms with Gasteiger partial charge < -0.3 is 18.9 Å². The molecule has 34 heavy (non-hydrogen) atoms. The van der Waals surface area contributed by atoms with Gasteiger partial charge in [-0.15, -0.1) is 0 Å². The molecule has 2 aromatic carbocycles. The van der Waals surface area contributed by atoms with Gasteiger partial charge in [-0.05, 0) is 87.8 Å². The molecule has 0 atom stereocenters. The van der Waals surface area contributed by atoms with Crippen molar-refractivity contribution in [3.05, 3.63) is 59.2 Å². The fourth-order valence-electron chi connectivity index (χ4n) is 4.26. The van der Waals surface area contributed by atoms with Crippen LogP contribution in [0.4, 0.5) is 0 Å². The van der Waals surface area contributed by atoms with E-state index in [4.69, 9.17) is 18.9 Å². The van der Waals surface area contributed by atoms with E-state index in [0.717, 1.165) is 30.8 Å². The van der Waals surface area contributed by atoms with E-state index in [1.807, 2.05) is 44.2 Å². The van der Waals surface area contributed by atoms with Crippen molar-refractivity contribution in [3.8, 4) is 23.0 Å². The number of carbonyl (C=O) groups is 1. The summed E-state index contributed by atoms with van der Waals surface area (Å²) in [4.78, 5) is 15.5. The van der Waals surface area contributed by atoms with E-state index in [0.29, 0.717) is 35.2 Å². The third-order valence-corrected chi connectivity index (χ3v) is 6.14. The second-order valence-electron chi connectivity index (χ2n) is 9.10. The Balaban J connectivity index is 1.51. The molecule has 0 amide bonds. The van der Waals surface area contributed by atoms with Gasteiger partial charge in [-0.2, -0.15) is 0 Å². The SMILES string of the molecule is COc1ccc(/C=C/C(=O)c2ccc(OC)c3c2OC(C)(C)C=C3)cc1OCCN1CCCC1. The van der Waals surface area contributed by atoms with Crippen molar-refractivity contribution in [2.75, 3.05) is 40.5 Å². The molecule has 0 bridgehead atoms.